The Bertz CT molecular complexity index is 1810. The number of aromatic nitrogens is 4. The minimum absolute atomic E-state index is 0.0369. The van der Waals surface area contributed by atoms with E-state index in [1.54, 1.807) is 24.3 Å². The van der Waals surface area contributed by atoms with Crippen molar-refractivity contribution in [2.45, 2.75) is 18.8 Å². The molecule has 1 atom stereocenters. The first-order chi connectivity index (χ1) is 20.7. The zero-order valence-corrected chi connectivity index (χ0v) is 23.1. The first-order valence-corrected chi connectivity index (χ1v) is 13.6. The molecule has 1 aliphatic rings. The van der Waals surface area contributed by atoms with E-state index in [1.807, 2.05) is 30.3 Å². The summed E-state index contributed by atoms with van der Waals surface area (Å²) in [5.41, 5.74) is 0.118. The van der Waals surface area contributed by atoms with Gasteiger partial charge in [-0.3, -0.25) is 4.79 Å². The molecular weight excluding hydrogens is 587 g/mol. The van der Waals surface area contributed by atoms with Crippen LogP contribution in [0.1, 0.15) is 11.1 Å². The van der Waals surface area contributed by atoms with Crippen LogP contribution in [0.25, 0.3) is 27.9 Å². The molecule has 0 unspecified atom stereocenters. The molecule has 0 spiro atoms. The average molecular weight is 610 g/mol. The summed E-state index contributed by atoms with van der Waals surface area (Å²) >= 11 is 6.01. The first kappa shape index (κ1) is 28.2. The van der Waals surface area contributed by atoms with Crippen LogP contribution in [0.3, 0.4) is 0 Å². The van der Waals surface area contributed by atoms with Crippen molar-refractivity contribution in [1.82, 2.24) is 29.8 Å². The van der Waals surface area contributed by atoms with Gasteiger partial charge >= 0.3 is 12.3 Å². The number of carbonyl (C=O) groups excluding carboxylic acids is 2. The van der Waals surface area contributed by atoms with Crippen molar-refractivity contribution >= 4 is 46.1 Å². The highest BCUT2D eigenvalue weighted by molar-refractivity contribution is 6.30. The van der Waals surface area contributed by atoms with E-state index in [0.717, 1.165) is 11.6 Å². The molecule has 1 saturated heterocycles. The van der Waals surface area contributed by atoms with Crippen molar-refractivity contribution in [2.75, 3.05) is 25.0 Å². The maximum Gasteiger partial charge on any atom is 0.418 e. The van der Waals surface area contributed by atoms with Gasteiger partial charge in [-0.1, -0.05) is 48.0 Å². The molecule has 1 fully saturated rings. The minimum Gasteiger partial charge on any atom is -0.445 e. The Hall–Kier alpha value is -4.91. The lowest BCUT2D eigenvalue weighted by molar-refractivity contribution is -0.136. The quantitative estimate of drug-likeness (QED) is 0.283. The van der Waals surface area contributed by atoms with Crippen LogP contribution in [0.5, 0.6) is 0 Å². The number of hydrogen-bond acceptors (Lipinski definition) is 7. The molecule has 6 rings (SSSR count). The van der Waals surface area contributed by atoms with Crippen molar-refractivity contribution in [3.8, 4) is 11.4 Å². The molecule has 0 bridgehead atoms. The first-order valence-electron chi connectivity index (χ1n) is 13.2. The van der Waals surface area contributed by atoms with E-state index < -0.39 is 29.8 Å². The lowest BCUT2D eigenvalue weighted by Crippen LogP contribution is -2.44. The van der Waals surface area contributed by atoms with Crippen molar-refractivity contribution in [2.24, 2.45) is 0 Å². The Morgan fingerprint density at radius 3 is 2.56 bits per heavy atom. The van der Waals surface area contributed by atoms with E-state index in [1.165, 1.54) is 21.5 Å². The molecule has 220 valence electrons. The molecule has 43 heavy (non-hydrogen) atoms. The summed E-state index contributed by atoms with van der Waals surface area (Å²) in [4.78, 5) is 36.1. The maximum atomic E-state index is 14.0. The summed E-state index contributed by atoms with van der Waals surface area (Å²) in [7, 11) is 0. The number of fused-ring (bicyclic) bond motifs is 3. The average Bonchev–Trinajstić information content (AvgIpc) is 3.37. The number of para-hydroxylation sites is 1. The van der Waals surface area contributed by atoms with Gasteiger partial charge in [-0.25, -0.2) is 14.8 Å². The van der Waals surface area contributed by atoms with Gasteiger partial charge in [0.2, 0.25) is 11.9 Å². The second kappa shape index (κ2) is 11.4. The molecule has 2 N–H and O–H groups in total. The molecule has 2 amide bonds. The van der Waals surface area contributed by atoms with Gasteiger partial charge in [0.1, 0.15) is 12.6 Å². The molecule has 10 nitrogen and oxygen atoms in total. The summed E-state index contributed by atoms with van der Waals surface area (Å²) in [6.45, 7) is 0.218. The second-order valence-corrected chi connectivity index (χ2v) is 10.2. The van der Waals surface area contributed by atoms with Crippen molar-refractivity contribution in [3.05, 3.63) is 88.9 Å². The Kier molecular flexibility index (Phi) is 7.48. The number of benzene rings is 3. The van der Waals surface area contributed by atoms with Crippen LogP contribution in [-0.4, -0.2) is 62.2 Å². The van der Waals surface area contributed by atoms with E-state index in [4.69, 9.17) is 16.3 Å². The van der Waals surface area contributed by atoms with Crippen molar-refractivity contribution in [1.29, 1.82) is 0 Å². The molecule has 5 aromatic rings. The van der Waals surface area contributed by atoms with Crippen LogP contribution in [0, 0.1) is 0 Å². The van der Waals surface area contributed by atoms with E-state index in [2.05, 4.69) is 25.7 Å². The predicted octanol–water partition coefficient (Wildman–Crippen LogP) is 5.17. The Morgan fingerprint density at radius 2 is 1.81 bits per heavy atom. The second-order valence-electron chi connectivity index (χ2n) is 9.79. The number of alkyl halides is 3. The van der Waals surface area contributed by atoms with E-state index in [-0.39, 0.29) is 54.6 Å². The molecule has 1 aliphatic heterocycles. The van der Waals surface area contributed by atoms with Crippen LogP contribution in [0.15, 0.2) is 72.8 Å². The highest BCUT2D eigenvalue weighted by Crippen LogP contribution is 2.36. The zero-order valence-electron chi connectivity index (χ0n) is 22.3. The Morgan fingerprint density at radius 1 is 1.05 bits per heavy atom. The molecular formula is C29H23ClF3N7O3. The van der Waals surface area contributed by atoms with Gasteiger partial charge in [-0.05, 0) is 42.0 Å². The van der Waals surface area contributed by atoms with Crippen molar-refractivity contribution < 1.29 is 27.5 Å². The van der Waals surface area contributed by atoms with Crippen LogP contribution >= 0.6 is 11.6 Å². The number of carbonyl (C=O) groups is 2. The molecule has 3 heterocycles. The maximum absolute atomic E-state index is 14.0. The van der Waals surface area contributed by atoms with E-state index in [9.17, 15) is 22.8 Å². The zero-order chi connectivity index (χ0) is 30.1. The number of rotatable bonds is 5. The van der Waals surface area contributed by atoms with Crippen LogP contribution in [-0.2, 0) is 22.3 Å². The van der Waals surface area contributed by atoms with E-state index >= 15 is 0 Å². The van der Waals surface area contributed by atoms with Gasteiger partial charge in [0.05, 0.1) is 17.6 Å². The topological polar surface area (TPSA) is 114 Å². The third-order valence-electron chi connectivity index (χ3n) is 6.88. The van der Waals surface area contributed by atoms with Gasteiger partial charge in [0.25, 0.3) is 0 Å². The SMILES string of the molecule is O=C1NCCN(C(=O)OCc2ccccc2)C[C@H]1Nc1nc2c(C(F)(F)F)cccc2c2nc(-c3ccc(Cl)cc3)nn12. The highest BCUT2D eigenvalue weighted by Gasteiger charge is 2.35. The molecule has 0 radical (unpaired) electrons. The molecule has 2 aromatic heterocycles. The van der Waals surface area contributed by atoms with Crippen molar-refractivity contribution in [3.63, 3.8) is 0 Å². The van der Waals surface area contributed by atoms with Gasteiger partial charge in [0, 0.05) is 29.1 Å². The van der Waals surface area contributed by atoms with Crippen LogP contribution in [0.4, 0.5) is 23.9 Å². The minimum atomic E-state index is -4.71. The summed E-state index contributed by atoms with van der Waals surface area (Å²) < 4.78 is 48.8. The predicted molar refractivity (Wildman–Crippen MR) is 152 cm³/mol. The smallest absolute Gasteiger partial charge is 0.418 e. The number of nitrogens with zero attached hydrogens (tertiary/aromatic N) is 5. The Labute approximate surface area is 247 Å². The molecule has 0 saturated carbocycles. The number of hydrogen-bond donors (Lipinski definition) is 2. The lowest BCUT2D eigenvalue weighted by Gasteiger charge is -2.23. The number of anilines is 1. The highest BCUT2D eigenvalue weighted by atomic mass is 35.5. The third-order valence-corrected chi connectivity index (χ3v) is 7.13. The Balaban J connectivity index is 1.38. The monoisotopic (exact) mass is 609 g/mol. The molecule has 0 aliphatic carbocycles. The molecule has 3 aromatic carbocycles. The molecule has 14 heteroatoms. The van der Waals surface area contributed by atoms with Gasteiger partial charge in [0.15, 0.2) is 11.5 Å². The van der Waals surface area contributed by atoms with Gasteiger partial charge < -0.3 is 20.3 Å². The number of amides is 2. The van der Waals surface area contributed by atoms with Crippen LogP contribution in [0.2, 0.25) is 5.02 Å². The van der Waals surface area contributed by atoms with Crippen LogP contribution < -0.4 is 10.6 Å². The van der Waals surface area contributed by atoms with Gasteiger partial charge in [-0.2, -0.15) is 17.7 Å². The number of nitrogens with one attached hydrogen (secondary N) is 2. The normalized spacial score (nSPS) is 15.8. The lowest BCUT2D eigenvalue weighted by atomic mass is 10.1. The summed E-state index contributed by atoms with van der Waals surface area (Å²) in [6, 6.07) is 18.3. The largest absolute Gasteiger partial charge is 0.445 e. The fourth-order valence-corrected chi connectivity index (χ4v) is 4.88. The standard InChI is InChI=1S/C29H23ClF3N7O3/c30-19-11-9-18(10-12-19)24-37-25-20-7-4-8-21(29(31,32)33)23(20)36-27(40(25)38-24)35-22-15-39(14-13-34-26(22)41)28(42)43-16-17-5-2-1-3-6-17/h1-12,22H,13-16H2,(H,34,41)(H,35,36)/t22-/m1/s1. The summed E-state index contributed by atoms with van der Waals surface area (Å²) in [5.74, 6) is -0.426. The van der Waals surface area contributed by atoms with E-state index in [0.29, 0.717) is 10.6 Å². The fraction of sp³-hybridized carbons (Fsp3) is 0.207. The summed E-state index contributed by atoms with van der Waals surface area (Å²) in [6.07, 6.45) is -5.35. The van der Waals surface area contributed by atoms with Gasteiger partial charge in [-0.15, -0.1) is 5.10 Å². The number of halogens is 4. The third kappa shape index (κ3) is 5.89. The summed E-state index contributed by atoms with van der Waals surface area (Å²) in [5, 5.41) is 10.7. The fourth-order valence-electron chi connectivity index (χ4n) is 4.75. The number of ether oxygens (including phenoxy) is 1.